The van der Waals surface area contributed by atoms with Crippen LogP contribution in [-0.4, -0.2) is 17.3 Å². The molecule has 0 N–H and O–H groups in total. The highest BCUT2D eigenvalue weighted by atomic mass is 16.1. The molecule has 0 aliphatic heterocycles. The molecule has 3 nitrogen and oxygen atoms in total. The van der Waals surface area contributed by atoms with E-state index in [0.29, 0.717) is 17.5 Å². The average molecular weight is 332 g/mol. The van der Waals surface area contributed by atoms with Gasteiger partial charge >= 0.3 is 0 Å². The van der Waals surface area contributed by atoms with Crippen LogP contribution in [0.3, 0.4) is 0 Å². The van der Waals surface area contributed by atoms with Crippen molar-refractivity contribution in [3.05, 3.63) is 71.8 Å². The molecule has 3 aliphatic rings. The molecule has 0 spiro atoms. The smallest absolute Gasteiger partial charge is 0.167 e. The van der Waals surface area contributed by atoms with Crippen LogP contribution in [-0.2, 0) is 4.79 Å². The van der Waals surface area contributed by atoms with E-state index in [4.69, 9.17) is 0 Å². The molecule has 4 atom stereocenters. The minimum absolute atomic E-state index is 0.0112. The number of carbonyl (C=O) groups excluding carboxylic acids is 3. The van der Waals surface area contributed by atoms with Crippen molar-refractivity contribution in [2.75, 3.05) is 0 Å². The van der Waals surface area contributed by atoms with Crippen molar-refractivity contribution in [2.24, 2.45) is 23.7 Å². The van der Waals surface area contributed by atoms with Crippen molar-refractivity contribution in [1.29, 1.82) is 0 Å². The zero-order valence-electron chi connectivity index (χ0n) is 13.9. The highest BCUT2D eigenvalue weighted by molar-refractivity contribution is 6.08. The van der Waals surface area contributed by atoms with Crippen LogP contribution in [0.25, 0.3) is 0 Å². The first kappa shape index (κ1) is 15.9. The summed E-state index contributed by atoms with van der Waals surface area (Å²) in [5.74, 6) is -1.11. The lowest BCUT2D eigenvalue weighted by molar-refractivity contribution is -0.133. The lowest BCUT2D eigenvalue weighted by atomic mass is 9.55. The molecule has 0 unspecified atom stereocenters. The van der Waals surface area contributed by atoms with Crippen molar-refractivity contribution >= 4 is 17.3 Å². The fraction of sp³-hybridized carbons (Fsp3) is 0.318. The zero-order valence-corrected chi connectivity index (χ0v) is 13.9. The topological polar surface area (TPSA) is 51.2 Å². The van der Waals surface area contributed by atoms with E-state index in [9.17, 15) is 14.4 Å². The monoisotopic (exact) mass is 332 g/mol. The summed E-state index contributed by atoms with van der Waals surface area (Å²) in [6.07, 6.45) is 2.02. The predicted octanol–water partition coefficient (Wildman–Crippen LogP) is 3.98. The summed E-state index contributed by atoms with van der Waals surface area (Å²) >= 11 is 0. The second kappa shape index (κ2) is 6.40. The van der Waals surface area contributed by atoms with Gasteiger partial charge in [0.1, 0.15) is 5.78 Å². The SMILES string of the molecule is O=C(c1ccccc1)[C@@H]1[C@@H]2CC[C@@H](C(=O)C2)[C@H]1C(=O)c1ccccc1. The van der Waals surface area contributed by atoms with Crippen LogP contribution in [0.2, 0.25) is 0 Å². The van der Waals surface area contributed by atoms with Crippen molar-refractivity contribution in [3.8, 4) is 0 Å². The number of ketones is 3. The van der Waals surface area contributed by atoms with Crippen LogP contribution in [0.15, 0.2) is 60.7 Å². The van der Waals surface area contributed by atoms with Gasteiger partial charge in [0.2, 0.25) is 0 Å². The number of fused-ring (bicyclic) bond motifs is 3. The average Bonchev–Trinajstić information content (AvgIpc) is 2.68. The van der Waals surface area contributed by atoms with E-state index in [-0.39, 0.29) is 35.1 Å². The summed E-state index contributed by atoms with van der Waals surface area (Å²) in [7, 11) is 0. The van der Waals surface area contributed by atoms with Gasteiger partial charge in [-0.15, -0.1) is 0 Å². The second-order valence-corrected chi connectivity index (χ2v) is 7.13. The van der Waals surface area contributed by atoms with Crippen molar-refractivity contribution in [2.45, 2.75) is 19.3 Å². The maximum Gasteiger partial charge on any atom is 0.167 e. The molecule has 2 aromatic rings. The molecule has 0 heterocycles. The fourth-order valence-electron chi connectivity index (χ4n) is 4.61. The molecule has 25 heavy (non-hydrogen) atoms. The summed E-state index contributed by atoms with van der Waals surface area (Å²) in [6.45, 7) is 0. The molecular formula is C22H20O3. The van der Waals surface area contributed by atoms with Crippen LogP contribution in [0.4, 0.5) is 0 Å². The first-order valence-corrected chi connectivity index (χ1v) is 8.88. The molecule has 3 saturated carbocycles. The first-order valence-electron chi connectivity index (χ1n) is 8.88. The van der Waals surface area contributed by atoms with E-state index in [1.54, 1.807) is 24.3 Å². The number of carbonyl (C=O) groups is 3. The van der Waals surface area contributed by atoms with Gasteiger partial charge < -0.3 is 0 Å². The number of hydrogen-bond donors (Lipinski definition) is 0. The van der Waals surface area contributed by atoms with Gasteiger partial charge in [-0.1, -0.05) is 60.7 Å². The van der Waals surface area contributed by atoms with Crippen LogP contribution in [0.1, 0.15) is 40.0 Å². The molecule has 126 valence electrons. The standard InChI is InChI=1S/C22H20O3/c23-18-13-16-11-12-17(18)20(22(25)15-9-5-2-6-10-15)19(16)21(24)14-7-3-1-4-8-14/h1-10,16-17,19-20H,11-13H2/t16-,17+,19-,20-/m1/s1. The van der Waals surface area contributed by atoms with Gasteiger partial charge in [-0.05, 0) is 18.8 Å². The Morgan fingerprint density at radius 1 is 0.720 bits per heavy atom. The third kappa shape index (κ3) is 2.74. The van der Waals surface area contributed by atoms with Crippen molar-refractivity contribution in [3.63, 3.8) is 0 Å². The number of rotatable bonds is 4. The largest absolute Gasteiger partial charge is 0.299 e. The zero-order chi connectivity index (χ0) is 17.4. The molecule has 2 aromatic carbocycles. The Bertz CT molecular complexity index is 810. The molecule has 0 saturated heterocycles. The van der Waals surface area contributed by atoms with E-state index in [0.717, 1.165) is 12.8 Å². The van der Waals surface area contributed by atoms with E-state index >= 15 is 0 Å². The Balaban J connectivity index is 1.74. The number of Topliss-reactive ketones (excluding diaryl/α,β-unsaturated/α-hetero) is 3. The summed E-state index contributed by atoms with van der Waals surface area (Å²) in [5, 5.41) is 0. The lowest BCUT2D eigenvalue weighted by Crippen LogP contribution is -2.51. The van der Waals surface area contributed by atoms with E-state index in [2.05, 4.69) is 0 Å². The fourth-order valence-corrected chi connectivity index (χ4v) is 4.61. The van der Waals surface area contributed by atoms with Gasteiger partial charge in [-0.2, -0.15) is 0 Å². The van der Waals surface area contributed by atoms with Gasteiger partial charge in [0.05, 0.1) is 0 Å². The van der Waals surface area contributed by atoms with Crippen LogP contribution >= 0.6 is 0 Å². The lowest BCUT2D eigenvalue weighted by Gasteiger charge is -2.46. The quantitative estimate of drug-likeness (QED) is 0.796. The Morgan fingerprint density at radius 2 is 1.24 bits per heavy atom. The summed E-state index contributed by atoms with van der Waals surface area (Å²) in [4.78, 5) is 38.8. The molecule has 3 heteroatoms. The van der Waals surface area contributed by atoms with Crippen molar-refractivity contribution < 1.29 is 14.4 Å². The second-order valence-electron chi connectivity index (χ2n) is 7.13. The van der Waals surface area contributed by atoms with Crippen LogP contribution in [0, 0.1) is 23.7 Å². The molecule has 2 bridgehead atoms. The van der Waals surface area contributed by atoms with E-state index in [1.165, 1.54) is 0 Å². The highest BCUT2D eigenvalue weighted by Crippen LogP contribution is 2.49. The Hall–Kier alpha value is -2.55. The predicted molar refractivity (Wildman–Crippen MR) is 94.4 cm³/mol. The summed E-state index contributed by atoms with van der Waals surface area (Å²) in [5.41, 5.74) is 1.23. The van der Waals surface area contributed by atoms with Gasteiger partial charge in [-0.25, -0.2) is 0 Å². The molecule has 3 fully saturated rings. The Morgan fingerprint density at radius 3 is 1.76 bits per heavy atom. The molecule has 0 amide bonds. The van der Waals surface area contributed by atoms with Gasteiger partial charge in [0.15, 0.2) is 11.6 Å². The van der Waals surface area contributed by atoms with Crippen LogP contribution in [0.5, 0.6) is 0 Å². The van der Waals surface area contributed by atoms with E-state index in [1.807, 2.05) is 36.4 Å². The summed E-state index contributed by atoms with van der Waals surface area (Å²) in [6, 6.07) is 18.2. The van der Waals surface area contributed by atoms with Gasteiger partial charge in [-0.3, -0.25) is 14.4 Å². The first-order chi connectivity index (χ1) is 12.2. The maximum atomic E-state index is 13.2. The normalized spacial score (nSPS) is 27.9. The summed E-state index contributed by atoms with van der Waals surface area (Å²) < 4.78 is 0. The number of benzene rings is 2. The third-order valence-corrected chi connectivity index (χ3v) is 5.78. The molecule has 0 radical (unpaired) electrons. The minimum Gasteiger partial charge on any atom is -0.299 e. The van der Waals surface area contributed by atoms with E-state index < -0.39 is 5.92 Å². The minimum atomic E-state index is -0.518. The highest BCUT2D eigenvalue weighted by Gasteiger charge is 2.53. The van der Waals surface area contributed by atoms with Gasteiger partial charge in [0, 0.05) is 35.3 Å². The Kier molecular flexibility index (Phi) is 4.08. The van der Waals surface area contributed by atoms with Crippen LogP contribution < -0.4 is 0 Å². The number of hydrogen-bond acceptors (Lipinski definition) is 3. The molecule has 3 aliphatic carbocycles. The molecular weight excluding hydrogens is 312 g/mol. The molecule has 5 rings (SSSR count). The third-order valence-electron chi connectivity index (χ3n) is 5.78. The Labute approximate surface area is 147 Å². The maximum absolute atomic E-state index is 13.2. The van der Waals surface area contributed by atoms with Gasteiger partial charge in [0.25, 0.3) is 0 Å². The van der Waals surface area contributed by atoms with Crippen molar-refractivity contribution in [1.82, 2.24) is 0 Å². The molecule has 0 aromatic heterocycles.